The van der Waals surface area contributed by atoms with Gasteiger partial charge in [0, 0.05) is 4.47 Å². The third-order valence-corrected chi connectivity index (χ3v) is 3.61. The Hall–Kier alpha value is -0.800. The summed E-state index contributed by atoms with van der Waals surface area (Å²) < 4.78 is 1.09. The molecule has 2 nitrogen and oxygen atoms in total. The molecule has 78 valence electrons. The zero-order valence-corrected chi connectivity index (χ0v) is 9.85. The second-order valence-corrected chi connectivity index (χ2v) is 4.81. The lowest BCUT2D eigenvalue weighted by Gasteiger charge is -2.42. The van der Waals surface area contributed by atoms with Crippen LogP contribution in [0.3, 0.4) is 0 Å². The number of fused-ring (bicyclic) bond motifs is 2. The Morgan fingerprint density at radius 1 is 1.20 bits per heavy atom. The second-order valence-electron chi connectivity index (χ2n) is 3.95. The SMILES string of the molecule is Brc1ccccc1N1O[C@@H]2C=C[C@H]1CC2. The fourth-order valence-electron chi connectivity index (χ4n) is 2.15. The number of hydrogen-bond acceptors (Lipinski definition) is 2. The summed E-state index contributed by atoms with van der Waals surface area (Å²) in [6, 6.07) is 8.58. The monoisotopic (exact) mass is 265 g/mol. The lowest BCUT2D eigenvalue weighted by molar-refractivity contribution is 0.00330. The van der Waals surface area contributed by atoms with Gasteiger partial charge in [0.25, 0.3) is 0 Å². The minimum Gasteiger partial charge on any atom is -0.265 e. The van der Waals surface area contributed by atoms with Crippen molar-refractivity contribution in [3.8, 4) is 0 Å². The van der Waals surface area contributed by atoms with Crippen LogP contribution in [0.5, 0.6) is 0 Å². The van der Waals surface area contributed by atoms with Crippen molar-refractivity contribution in [2.24, 2.45) is 0 Å². The first-order valence-electron chi connectivity index (χ1n) is 5.23. The van der Waals surface area contributed by atoms with Crippen molar-refractivity contribution in [3.63, 3.8) is 0 Å². The molecule has 1 fully saturated rings. The van der Waals surface area contributed by atoms with Gasteiger partial charge >= 0.3 is 0 Å². The van der Waals surface area contributed by atoms with Crippen molar-refractivity contribution in [1.82, 2.24) is 0 Å². The summed E-state index contributed by atoms with van der Waals surface area (Å²) in [6.07, 6.45) is 7.01. The highest BCUT2D eigenvalue weighted by Crippen LogP contribution is 2.35. The van der Waals surface area contributed by atoms with Crippen molar-refractivity contribution in [2.45, 2.75) is 25.0 Å². The van der Waals surface area contributed by atoms with Gasteiger partial charge in [-0.15, -0.1) is 0 Å². The standard InChI is InChI=1S/C12H12BrNO/c13-11-3-1-2-4-12(11)14-9-5-7-10(15-14)8-6-9/h1-5,7,9-10H,6,8H2/t9-,10+/m0/s1. The number of hydrogen-bond donors (Lipinski definition) is 0. The van der Waals surface area contributed by atoms with Crippen LogP contribution in [0.25, 0.3) is 0 Å². The molecule has 1 aromatic carbocycles. The molecule has 0 amide bonds. The van der Waals surface area contributed by atoms with Crippen LogP contribution in [0.4, 0.5) is 5.69 Å². The highest BCUT2D eigenvalue weighted by molar-refractivity contribution is 9.10. The maximum atomic E-state index is 5.87. The lowest BCUT2D eigenvalue weighted by atomic mass is 9.98. The molecule has 15 heavy (non-hydrogen) atoms. The second kappa shape index (κ2) is 3.65. The van der Waals surface area contributed by atoms with Crippen molar-refractivity contribution in [2.75, 3.05) is 5.06 Å². The van der Waals surface area contributed by atoms with E-state index in [-0.39, 0.29) is 6.10 Å². The molecule has 2 aliphatic heterocycles. The molecule has 0 spiro atoms. The van der Waals surface area contributed by atoms with Gasteiger partial charge in [0.05, 0.1) is 11.7 Å². The highest BCUT2D eigenvalue weighted by atomic mass is 79.9. The van der Waals surface area contributed by atoms with Crippen molar-refractivity contribution >= 4 is 21.6 Å². The number of halogens is 1. The minimum absolute atomic E-state index is 0.266. The molecule has 0 radical (unpaired) electrons. The largest absolute Gasteiger partial charge is 0.265 e. The summed E-state index contributed by atoms with van der Waals surface area (Å²) in [5.41, 5.74) is 1.12. The normalized spacial score (nSPS) is 28.5. The van der Waals surface area contributed by atoms with Crippen molar-refractivity contribution in [3.05, 3.63) is 40.9 Å². The average Bonchev–Trinajstić information content (AvgIpc) is 2.31. The van der Waals surface area contributed by atoms with Crippen molar-refractivity contribution < 1.29 is 4.84 Å². The molecule has 1 saturated heterocycles. The highest BCUT2D eigenvalue weighted by Gasteiger charge is 2.31. The van der Waals surface area contributed by atoms with Gasteiger partial charge in [-0.1, -0.05) is 24.3 Å². The number of rotatable bonds is 1. The Kier molecular flexibility index (Phi) is 2.29. The number of benzene rings is 1. The van der Waals surface area contributed by atoms with E-state index in [9.17, 15) is 0 Å². The molecular weight excluding hydrogens is 254 g/mol. The number of para-hydroxylation sites is 1. The predicted molar refractivity (Wildman–Crippen MR) is 63.7 cm³/mol. The Morgan fingerprint density at radius 3 is 2.67 bits per heavy atom. The van der Waals surface area contributed by atoms with E-state index in [4.69, 9.17) is 4.84 Å². The predicted octanol–water partition coefficient (Wildman–Crippen LogP) is 3.29. The third-order valence-electron chi connectivity index (χ3n) is 2.93. The van der Waals surface area contributed by atoms with Gasteiger partial charge in [0.2, 0.25) is 0 Å². The molecule has 3 aliphatic rings. The summed E-state index contributed by atoms with van der Waals surface area (Å²) in [5.74, 6) is 0. The van der Waals surface area contributed by atoms with E-state index in [1.54, 1.807) is 0 Å². The van der Waals surface area contributed by atoms with E-state index in [0.29, 0.717) is 6.04 Å². The Balaban J connectivity index is 1.96. The van der Waals surface area contributed by atoms with Gasteiger partial charge in [0.1, 0.15) is 6.10 Å². The number of nitrogens with zero attached hydrogens (tertiary/aromatic N) is 1. The van der Waals surface area contributed by atoms with Crippen LogP contribution in [-0.2, 0) is 4.84 Å². The average molecular weight is 266 g/mol. The van der Waals surface area contributed by atoms with Crippen LogP contribution in [-0.4, -0.2) is 12.1 Å². The Bertz CT molecular complexity index is 404. The smallest absolute Gasteiger partial charge is 0.104 e. The first-order chi connectivity index (χ1) is 7.34. The van der Waals surface area contributed by atoms with E-state index in [1.165, 1.54) is 6.42 Å². The summed E-state index contributed by atoms with van der Waals surface area (Å²) in [5, 5.41) is 2.03. The number of hydroxylamine groups is 1. The van der Waals surface area contributed by atoms with Gasteiger partial charge in [-0.05, 0) is 40.9 Å². The first-order valence-corrected chi connectivity index (χ1v) is 6.03. The van der Waals surface area contributed by atoms with Gasteiger partial charge in [-0.3, -0.25) is 4.84 Å². The minimum atomic E-state index is 0.266. The van der Waals surface area contributed by atoms with Crippen LogP contribution in [0.15, 0.2) is 40.9 Å². The fraction of sp³-hybridized carbons (Fsp3) is 0.333. The zero-order chi connectivity index (χ0) is 10.3. The summed E-state index contributed by atoms with van der Waals surface area (Å²) in [4.78, 5) is 5.87. The Morgan fingerprint density at radius 2 is 2.07 bits per heavy atom. The van der Waals surface area contributed by atoms with E-state index in [2.05, 4.69) is 34.1 Å². The molecule has 0 saturated carbocycles. The van der Waals surface area contributed by atoms with E-state index < -0.39 is 0 Å². The lowest BCUT2D eigenvalue weighted by Crippen LogP contribution is -2.45. The molecule has 0 unspecified atom stereocenters. The molecule has 0 aromatic heterocycles. The zero-order valence-electron chi connectivity index (χ0n) is 8.27. The molecule has 2 atom stereocenters. The topological polar surface area (TPSA) is 12.5 Å². The summed E-state index contributed by atoms with van der Waals surface area (Å²) >= 11 is 3.56. The van der Waals surface area contributed by atoms with E-state index >= 15 is 0 Å². The van der Waals surface area contributed by atoms with Crippen LogP contribution >= 0.6 is 15.9 Å². The number of anilines is 1. The molecule has 3 heteroatoms. The van der Waals surface area contributed by atoms with E-state index in [0.717, 1.165) is 16.6 Å². The molecule has 2 bridgehead atoms. The molecule has 4 rings (SSSR count). The maximum absolute atomic E-state index is 5.87. The van der Waals surface area contributed by atoms with Crippen LogP contribution < -0.4 is 5.06 Å². The fourth-order valence-corrected chi connectivity index (χ4v) is 2.61. The third kappa shape index (κ3) is 1.60. The van der Waals surface area contributed by atoms with E-state index in [1.807, 2.05) is 23.3 Å². The van der Waals surface area contributed by atoms with Crippen LogP contribution in [0.1, 0.15) is 12.8 Å². The Labute approximate surface area is 97.6 Å². The summed E-state index contributed by atoms with van der Waals surface area (Å²) in [6.45, 7) is 0. The molecule has 1 aromatic rings. The summed E-state index contributed by atoms with van der Waals surface area (Å²) in [7, 11) is 0. The quantitative estimate of drug-likeness (QED) is 0.723. The van der Waals surface area contributed by atoms with Crippen LogP contribution in [0.2, 0.25) is 0 Å². The van der Waals surface area contributed by atoms with Gasteiger partial charge in [-0.2, -0.15) is 0 Å². The van der Waals surface area contributed by atoms with Gasteiger partial charge in [0.15, 0.2) is 0 Å². The molecule has 2 heterocycles. The molecule has 1 aliphatic carbocycles. The van der Waals surface area contributed by atoms with Gasteiger partial charge < -0.3 is 0 Å². The van der Waals surface area contributed by atoms with Gasteiger partial charge in [-0.25, -0.2) is 5.06 Å². The molecular formula is C12H12BrNO. The molecule has 0 N–H and O–H groups in total. The van der Waals surface area contributed by atoms with Crippen LogP contribution in [0, 0.1) is 0 Å². The van der Waals surface area contributed by atoms with Crippen molar-refractivity contribution in [1.29, 1.82) is 0 Å². The maximum Gasteiger partial charge on any atom is 0.104 e. The first kappa shape index (κ1) is 9.43.